The molecule has 0 aromatic carbocycles. The average molecular weight is 416 g/mol. The Morgan fingerprint density at radius 3 is 2.70 bits per heavy atom. The van der Waals surface area contributed by atoms with Gasteiger partial charge >= 0.3 is 0 Å². The van der Waals surface area contributed by atoms with E-state index in [0.29, 0.717) is 54.2 Å². The molecule has 0 radical (unpaired) electrons. The summed E-state index contributed by atoms with van der Waals surface area (Å²) in [4.78, 5) is 0. The minimum atomic E-state index is -0.713. The van der Waals surface area contributed by atoms with Crippen LogP contribution in [0.15, 0.2) is 47.5 Å². The van der Waals surface area contributed by atoms with Gasteiger partial charge in [0.1, 0.15) is 0 Å². The Balaban J connectivity index is 1.85. The number of hydrogen-bond acceptors (Lipinski definition) is 2. The third-order valence-corrected chi connectivity index (χ3v) is 8.45. The lowest BCUT2D eigenvalue weighted by Gasteiger charge is -2.44. The molecule has 0 unspecified atom stereocenters. The molecule has 0 amide bonds. The van der Waals surface area contributed by atoms with Gasteiger partial charge in [-0.3, -0.25) is 0 Å². The fraction of sp³-hybridized carbons (Fsp3) is 0.714. The van der Waals surface area contributed by atoms with Gasteiger partial charge in [-0.1, -0.05) is 62.7 Å². The number of aliphatic hydroxyl groups excluding tert-OH is 1. The summed E-state index contributed by atoms with van der Waals surface area (Å²) < 4.78 is 24.4. The summed E-state index contributed by atoms with van der Waals surface area (Å²) in [5, 5.41) is 20.4. The Labute approximate surface area is 189 Å². The molecule has 0 aromatic rings. The second-order valence-corrected chi connectivity index (χ2v) is 11.0. The van der Waals surface area contributed by atoms with E-state index in [4.69, 9.17) is 4.11 Å². The van der Waals surface area contributed by atoms with Crippen LogP contribution < -0.4 is 0 Å². The minimum absolute atomic E-state index is 0.108. The monoisotopic (exact) mass is 415 g/mol. The molecule has 0 spiro atoms. The van der Waals surface area contributed by atoms with E-state index < -0.39 is 11.7 Å². The van der Waals surface area contributed by atoms with Gasteiger partial charge in [0.15, 0.2) is 0 Å². The lowest BCUT2D eigenvalue weighted by Crippen LogP contribution is -2.35. The summed E-state index contributed by atoms with van der Waals surface area (Å²) in [5.41, 5.74) is 2.16. The molecule has 30 heavy (non-hydrogen) atoms. The maximum atomic E-state index is 10.3. The standard InChI is InChI=1S/C28H44O2/c1-19-10-14-24(29)18-23(19)13-12-22-8-7-17-28(6)25(15-16-26(22)28)20(2)9-11-21(3)27(4,5)30/h9,11-13,20-21,24-26,29-30H,1,7-8,10,14-18H2,2-6H3/b11-9+,22-12?,23-13-/t20-,21+,24+,25-,26+,28-/m1/s1/i1D2,13D. The van der Waals surface area contributed by atoms with Crippen LogP contribution in [-0.4, -0.2) is 21.9 Å². The van der Waals surface area contributed by atoms with Crippen molar-refractivity contribution < 1.29 is 14.3 Å². The Kier molecular flexibility index (Phi) is 5.98. The SMILES string of the molecule is [2H]C([2H])=C1CC[C@H](O)C/C1=C(\[2H])C=C1CCC[C@]2(C)[C@@H]([C@H](C)/C=C/[C@H](C)C(C)(C)O)CC[C@@H]12. The topological polar surface area (TPSA) is 40.5 Å². The first-order valence-electron chi connectivity index (χ1n) is 13.5. The second-order valence-electron chi connectivity index (χ2n) is 11.0. The van der Waals surface area contributed by atoms with E-state index in [1.807, 2.05) is 19.9 Å². The van der Waals surface area contributed by atoms with Crippen molar-refractivity contribution in [2.24, 2.45) is 29.1 Å². The normalized spacial score (nSPS) is 39.3. The van der Waals surface area contributed by atoms with Crippen LogP contribution in [0.5, 0.6) is 0 Å². The van der Waals surface area contributed by atoms with E-state index in [2.05, 4.69) is 32.9 Å². The minimum Gasteiger partial charge on any atom is -0.393 e. The van der Waals surface area contributed by atoms with Gasteiger partial charge in [-0.25, -0.2) is 0 Å². The molecule has 6 atom stereocenters. The molecule has 0 saturated heterocycles. The molecular formula is C28H44O2. The highest BCUT2D eigenvalue weighted by molar-refractivity contribution is 5.36. The smallest absolute Gasteiger partial charge is 0.0651 e. The summed E-state index contributed by atoms with van der Waals surface area (Å²) in [6, 6.07) is 0.399. The van der Waals surface area contributed by atoms with Gasteiger partial charge in [-0.05, 0) is 94.0 Å². The third kappa shape index (κ3) is 5.02. The van der Waals surface area contributed by atoms with E-state index in [0.717, 1.165) is 19.3 Å². The van der Waals surface area contributed by atoms with Crippen molar-refractivity contribution >= 4 is 0 Å². The molecule has 168 valence electrons. The molecule has 2 heteroatoms. The van der Waals surface area contributed by atoms with Crippen LogP contribution in [0, 0.1) is 29.1 Å². The molecule has 2 N–H and O–H groups in total. The maximum Gasteiger partial charge on any atom is 0.0651 e. The van der Waals surface area contributed by atoms with Gasteiger partial charge in [0.25, 0.3) is 0 Å². The Hall–Kier alpha value is -1.12. The first kappa shape index (κ1) is 19.6. The predicted octanol–water partition coefficient (Wildman–Crippen LogP) is 6.76. The van der Waals surface area contributed by atoms with Crippen molar-refractivity contribution in [3.8, 4) is 0 Å². The predicted molar refractivity (Wildman–Crippen MR) is 127 cm³/mol. The fourth-order valence-electron chi connectivity index (χ4n) is 6.08. The van der Waals surface area contributed by atoms with E-state index in [1.165, 1.54) is 18.4 Å². The van der Waals surface area contributed by atoms with Crippen molar-refractivity contribution in [3.05, 3.63) is 47.5 Å². The molecule has 0 heterocycles. The second kappa shape index (κ2) is 9.17. The van der Waals surface area contributed by atoms with Crippen molar-refractivity contribution in [2.45, 2.75) is 97.7 Å². The number of hydrogen-bond donors (Lipinski definition) is 2. The third-order valence-electron chi connectivity index (χ3n) is 8.45. The van der Waals surface area contributed by atoms with Crippen LogP contribution in [0.3, 0.4) is 0 Å². The highest BCUT2D eigenvalue weighted by atomic mass is 16.3. The van der Waals surface area contributed by atoms with E-state index in [1.54, 1.807) is 0 Å². The summed E-state index contributed by atoms with van der Waals surface area (Å²) in [6.45, 7) is 10.3. The summed E-state index contributed by atoms with van der Waals surface area (Å²) in [5.74, 6) is 1.59. The molecule has 0 bridgehead atoms. The van der Waals surface area contributed by atoms with Gasteiger partial charge in [0.2, 0.25) is 0 Å². The largest absolute Gasteiger partial charge is 0.393 e. The molecule has 3 saturated carbocycles. The Bertz CT molecular complexity index is 844. The van der Waals surface area contributed by atoms with Gasteiger partial charge in [-0.15, -0.1) is 0 Å². The van der Waals surface area contributed by atoms with Crippen molar-refractivity contribution in [2.75, 3.05) is 0 Å². The zero-order chi connectivity index (χ0) is 24.6. The van der Waals surface area contributed by atoms with Crippen LogP contribution in [-0.2, 0) is 0 Å². The van der Waals surface area contributed by atoms with Crippen LogP contribution in [0.4, 0.5) is 0 Å². The van der Waals surface area contributed by atoms with Crippen molar-refractivity contribution in [1.82, 2.24) is 0 Å². The van der Waals surface area contributed by atoms with E-state index in [9.17, 15) is 10.2 Å². The zero-order valence-electron chi connectivity index (χ0n) is 22.7. The molecule has 0 aromatic heterocycles. The number of allylic oxidation sites excluding steroid dienone is 5. The average Bonchev–Trinajstić information content (AvgIpc) is 3.08. The first-order chi connectivity index (χ1) is 15.3. The van der Waals surface area contributed by atoms with Crippen LogP contribution in [0.2, 0.25) is 0 Å². The Morgan fingerprint density at radius 1 is 1.23 bits per heavy atom. The summed E-state index contributed by atoms with van der Waals surface area (Å²) in [7, 11) is 0. The highest BCUT2D eigenvalue weighted by Crippen LogP contribution is 2.59. The van der Waals surface area contributed by atoms with Crippen LogP contribution in [0.25, 0.3) is 0 Å². The summed E-state index contributed by atoms with van der Waals surface area (Å²) in [6.07, 6.45) is 13.2. The molecule has 0 aliphatic heterocycles. The van der Waals surface area contributed by atoms with Crippen molar-refractivity contribution in [3.63, 3.8) is 0 Å². The molecule has 2 nitrogen and oxygen atoms in total. The van der Waals surface area contributed by atoms with E-state index >= 15 is 0 Å². The highest BCUT2D eigenvalue weighted by Gasteiger charge is 2.50. The van der Waals surface area contributed by atoms with E-state index in [-0.39, 0.29) is 17.9 Å². The van der Waals surface area contributed by atoms with Crippen molar-refractivity contribution in [1.29, 1.82) is 0 Å². The fourth-order valence-corrected chi connectivity index (χ4v) is 6.08. The zero-order valence-corrected chi connectivity index (χ0v) is 19.7. The van der Waals surface area contributed by atoms with Gasteiger partial charge in [0.05, 0.1) is 15.8 Å². The Morgan fingerprint density at radius 2 is 2.00 bits per heavy atom. The number of fused-ring (bicyclic) bond motifs is 1. The molecular weight excluding hydrogens is 368 g/mol. The van der Waals surface area contributed by atoms with Gasteiger partial charge in [-0.2, -0.15) is 0 Å². The number of aliphatic hydroxyl groups is 2. The molecule has 3 aliphatic carbocycles. The van der Waals surface area contributed by atoms with Gasteiger partial charge < -0.3 is 10.2 Å². The van der Waals surface area contributed by atoms with Crippen LogP contribution >= 0.6 is 0 Å². The van der Waals surface area contributed by atoms with Crippen LogP contribution in [0.1, 0.15) is 90.1 Å². The summed E-state index contributed by atoms with van der Waals surface area (Å²) >= 11 is 0. The molecule has 3 fully saturated rings. The molecule has 3 rings (SSSR count). The lowest BCUT2D eigenvalue weighted by molar-refractivity contribution is 0.0436. The first-order valence-corrected chi connectivity index (χ1v) is 12.0. The molecule has 3 aliphatic rings. The number of rotatable bonds is 5. The lowest BCUT2D eigenvalue weighted by atomic mass is 9.61. The quantitative estimate of drug-likeness (QED) is 0.487. The maximum absolute atomic E-state index is 10.3. The van der Waals surface area contributed by atoms with Gasteiger partial charge in [0, 0.05) is 5.92 Å².